The van der Waals surface area contributed by atoms with Gasteiger partial charge in [-0.05, 0) is 24.5 Å². The topological polar surface area (TPSA) is 53.0 Å². The summed E-state index contributed by atoms with van der Waals surface area (Å²) < 4.78 is 4.84. The molecule has 0 spiro atoms. The maximum atomic E-state index is 11.7. The number of rotatable bonds is 2. The Bertz CT molecular complexity index is 548. The minimum atomic E-state index is -0.459. The number of carbonyl (C=O) groups is 1. The number of hydrogen-bond acceptors (Lipinski definition) is 5. The lowest BCUT2D eigenvalue weighted by Gasteiger charge is -2.29. The first-order chi connectivity index (χ1) is 10.6. The lowest BCUT2D eigenvalue weighted by Crippen LogP contribution is -2.42. The van der Waals surface area contributed by atoms with Gasteiger partial charge < -0.3 is 14.7 Å². The van der Waals surface area contributed by atoms with Gasteiger partial charge in [0.05, 0.1) is 19.1 Å². The number of para-hydroxylation sites is 1. The minimum absolute atomic E-state index is 0.0312. The molecule has 22 heavy (non-hydrogen) atoms. The first-order valence-corrected chi connectivity index (χ1v) is 7.89. The summed E-state index contributed by atoms with van der Waals surface area (Å²) in [5.74, 6) is -0.380. The molecule has 5 nitrogen and oxygen atoms in total. The first-order valence-electron chi connectivity index (χ1n) is 7.89. The summed E-state index contributed by atoms with van der Waals surface area (Å²) in [5, 5.41) is 10.4. The van der Waals surface area contributed by atoms with Gasteiger partial charge in [0.1, 0.15) is 0 Å². The Hall–Kier alpha value is -1.59. The van der Waals surface area contributed by atoms with Gasteiger partial charge in [-0.3, -0.25) is 9.69 Å². The zero-order chi connectivity index (χ0) is 15.7. The van der Waals surface area contributed by atoms with E-state index < -0.39 is 6.10 Å². The molecule has 1 heterocycles. The van der Waals surface area contributed by atoms with E-state index in [9.17, 15) is 9.90 Å². The van der Waals surface area contributed by atoms with E-state index in [-0.39, 0.29) is 17.9 Å². The summed E-state index contributed by atoms with van der Waals surface area (Å²) in [6.07, 6.45) is 0.727. The van der Waals surface area contributed by atoms with Gasteiger partial charge in [0, 0.05) is 38.4 Å². The van der Waals surface area contributed by atoms with Crippen molar-refractivity contribution in [2.24, 2.45) is 5.92 Å². The van der Waals surface area contributed by atoms with E-state index in [0.29, 0.717) is 12.8 Å². The van der Waals surface area contributed by atoms with Crippen molar-refractivity contribution in [1.82, 2.24) is 4.90 Å². The average molecular weight is 304 g/mol. The number of likely N-dealkylation sites (N-methyl/N-ethyl adjacent to an activating group) is 1. The molecule has 1 aromatic rings. The number of nitrogens with zero attached hydrogens (tertiary/aromatic N) is 2. The number of aliphatic hydroxyl groups excluding tert-OH is 1. The Kier molecular flexibility index (Phi) is 4.36. The van der Waals surface area contributed by atoms with E-state index in [4.69, 9.17) is 4.74 Å². The maximum Gasteiger partial charge on any atom is 0.308 e. The predicted molar refractivity (Wildman–Crippen MR) is 84.7 cm³/mol. The number of fused-ring (bicyclic) bond motifs is 1. The Morgan fingerprint density at radius 3 is 2.82 bits per heavy atom. The summed E-state index contributed by atoms with van der Waals surface area (Å²) >= 11 is 0. The second-order valence-electron chi connectivity index (χ2n) is 6.35. The molecule has 0 amide bonds. The number of carbonyl (C=O) groups excluding carboxylic acids is 1. The lowest BCUT2D eigenvalue weighted by molar-refractivity contribution is -0.145. The van der Waals surface area contributed by atoms with Crippen molar-refractivity contribution in [3.63, 3.8) is 0 Å². The summed E-state index contributed by atoms with van der Waals surface area (Å²) in [7, 11) is 3.52. The van der Waals surface area contributed by atoms with Gasteiger partial charge in [0.15, 0.2) is 0 Å². The molecule has 2 aliphatic rings. The molecule has 0 unspecified atom stereocenters. The van der Waals surface area contributed by atoms with Crippen molar-refractivity contribution in [3.8, 4) is 0 Å². The van der Waals surface area contributed by atoms with Crippen molar-refractivity contribution >= 4 is 11.7 Å². The number of aliphatic hydroxyl groups is 1. The van der Waals surface area contributed by atoms with E-state index in [1.54, 1.807) is 0 Å². The monoisotopic (exact) mass is 304 g/mol. The third-order valence-corrected chi connectivity index (χ3v) is 5.00. The van der Waals surface area contributed by atoms with Crippen LogP contribution in [-0.4, -0.2) is 55.4 Å². The largest absolute Gasteiger partial charge is 0.469 e. The van der Waals surface area contributed by atoms with E-state index in [2.05, 4.69) is 41.1 Å². The van der Waals surface area contributed by atoms with Crippen LogP contribution in [0.2, 0.25) is 0 Å². The Labute approximate surface area is 131 Å². The van der Waals surface area contributed by atoms with Crippen LogP contribution in [0.3, 0.4) is 0 Å². The first kappa shape index (κ1) is 15.3. The van der Waals surface area contributed by atoms with E-state index >= 15 is 0 Å². The fourth-order valence-corrected chi connectivity index (χ4v) is 3.74. The molecule has 0 radical (unpaired) electrons. The SMILES string of the molecule is COC(=O)[C@H]1C[C@@H](N2CCN(C)c3ccccc3C2)[C@@H](O)C1. The van der Waals surface area contributed by atoms with Gasteiger partial charge in [-0.15, -0.1) is 0 Å². The average Bonchev–Trinajstić information content (AvgIpc) is 2.84. The van der Waals surface area contributed by atoms with Crippen LogP contribution in [0.25, 0.3) is 0 Å². The zero-order valence-electron chi connectivity index (χ0n) is 13.2. The van der Waals surface area contributed by atoms with Crippen LogP contribution in [0.5, 0.6) is 0 Å². The van der Waals surface area contributed by atoms with E-state index in [1.807, 2.05) is 0 Å². The molecule has 120 valence electrons. The van der Waals surface area contributed by atoms with Crippen molar-refractivity contribution in [2.75, 3.05) is 32.1 Å². The van der Waals surface area contributed by atoms with E-state index in [1.165, 1.54) is 18.4 Å². The second-order valence-corrected chi connectivity index (χ2v) is 6.35. The Morgan fingerprint density at radius 2 is 2.05 bits per heavy atom. The fraction of sp³-hybridized carbons (Fsp3) is 0.588. The van der Waals surface area contributed by atoms with Gasteiger partial charge in [0.25, 0.3) is 0 Å². The molecule has 0 saturated heterocycles. The molecular formula is C17H24N2O3. The molecule has 1 aromatic carbocycles. The number of benzene rings is 1. The van der Waals surface area contributed by atoms with Crippen LogP contribution in [0, 0.1) is 5.92 Å². The number of anilines is 1. The molecule has 0 aromatic heterocycles. The third-order valence-electron chi connectivity index (χ3n) is 5.00. The molecule has 3 rings (SSSR count). The summed E-state index contributed by atoms with van der Waals surface area (Å²) in [5.41, 5.74) is 2.53. The number of esters is 1. The lowest BCUT2D eigenvalue weighted by atomic mass is 10.1. The molecule has 3 atom stereocenters. The molecule has 1 N–H and O–H groups in total. The van der Waals surface area contributed by atoms with Crippen molar-refractivity contribution in [2.45, 2.75) is 31.5 Å². The standard InChI is InChI=1S/C17H24N2O3/c1-18-7-8-19(11-12-5-3-4-6-14(12)18)15-9-13(10-16(15)20)17(21)22-2/h3-6,13,15-16,20H,7-11H2,1-2H3/t13-,15+,16-/m0/s1. The maximum absolute atomic E-state index is 11.7. The Balaban J connectivity index is 1.77. The van der Waals surface area contributed by atoms with E-state index in [0.717, 1.165) is 19.6 Å². The number of methoxy groups -OCH3 is 1. The van der Waals surface area contributed by atoms with Gasteiger partial charge in [-0.25, -0.2) is 0 Å². The summed E-state index contributed by atoms with van der Waals surface area (Å²) in [4.78, 5) is 16.3. The smallest absolute Gasteiger partial charge is 0.308 e. The number of hydrogen-bond donors (Lipinski definition) is 1. The van der Waals surface area contributed by atoms with Crippen LogP contribution in [-0.2, 0) is 16.1 Å². The fourth-order valence-electron chi connectivity index (χ4n) is 3.74. The van der Waals surface area contributed by atoms with Crippen LogP contribution in [0.15, 0.2) is 24.3 Å². The second kappa shape index (κ2) is 6.26. The van der Waals surface area contributed by atoms with Crippen molar-refractivity contribution in [3.05, 3.63) is 29.8 Å². The van der Waals surface area contributed by atoms with Crippen molar-refractivity contribution < 1.29 is 14.6 Å². The highest BCUT2D eigenvalue weighted by Crippen LogP contribution is 2.33. The van der Waals surface area contributed by atoms with Crippen LogP contribution in [0.4, 0.5) is 5.69 Å². The molecule has 1 saturated carbocycles. The predicted octanol–water partition coefficient (Wildman–Crippen LogP) is 1.25. The molecule has 5 heteroatoms. The van der Waals surface area contributed by atoms with Gasteiger partial charge in [-0.2, -0.15) is 0 Å². The van der Waals surface area contributed by atoms with Crippen LogP contribution in [0.1, 0.15) is 18.4 Å². The highest BCUT2D eigenvalue weighted by Gasteiger charge is 2.41. The molecular weight excluding hydrogens is 280 g/mol. The highest BCUT2D eigenvalue weighted by molar-refractivity contribution is 5.72. The zero-order valence-corrected chi connectivity index (χ0v) is 13.2. The highest BCUT2D eigenvalue weighted by atomic mass is 16.5. The molecule has 1 aliphatic heterocycles. The van der Waals surface area contributed by atoms with Gasteiger partial charge in [0.2, 0.25) is 0 Å². The van der Waals surface area contributed by atoms with Gasteiger partial charge >= 0.3 is 5.97 Å². The minimum Gasteiger partial charge on any atom is -0.469 e. The Morgan fingerprint density at radius 1 is 1.27 bits per heavy atom. The van der Waals surface area contributed by atoms with Crippen LogP contribution < -0.4 is 4.90 Å². The van der Waals surface area contributed by atoms with Gasteiger partial charge in [-0.1, -0.05) is 18.2 Å². The quantitative estimate of drug-likeness (QED) is 0.834. The summed E-state index contributed by atoms with van der Waals surface area (Å²) in [6.45, 7) is 2.63. The van der Waals surface area contributed by atoms with Crippen LogP contribution >= 0.6 is 0 Å². The van der Waals surface area contributed by atoms with Crippen molar-refractivity contribution in [1.29, 1.82) is 0 Å². The normalized spacial score (nSPS) is 29.0. The molecule has 1 fully saturated rings. The molecule has 1 aliphatic carbocycles. The number of ether oxygens (including phenoxy) is 1. The molecule has 0 bridgehead atoms. The summed E-state index contributed by atoms with van der Waals surface area (Å²) in [6, 6.07) is 8.43. The third kappa shape index (κ3) is 2.83.